The molecule has 0 aliphatic carbocycles. The third kappa shape index (κ3) is 2.30. The standard InChI is InChI=1S/C17H14O3/c1-19-14-7-8-15-16(10-14)20-11-13(17(15)18)9-12-5-3-2-4-6-12/h2-10H,11H2,1H3/b13-9-. The van der Waals surface area contributed by atoms with Crippen LogP contribution >= 0.6 is 0 Å². The number of carbonyl (C=O) groups is 1. The van der Waals surface area contributed by atoms with Gasteiger partial charge in [0.2, 0.25) is 0 Å². The second-order valence-corrected chi connectivity index (χ2v) is 4.56. The van der Waals surface area contributed by atoms with Gasteiger partial charge in [0.15, 0.2) is 5.78 Å². The van der Waals surface area contributed by atoms with Gasteiger partial charge < -0.3 is 9.47 Å². The van der Waals surface area contributed by atoms with Gasteiger partial charge >= 0.3 is 0 Å². The minimum atomic E-state index is 0.0118. The first kappa shape index (κ1) is 12.5. The van der Waals surface area contributed by atoms with E-state index in [1.807, 2.05) is 36.4 Å². The molecule has 0 saturated heterocycles. The van der Waals surface area contributed by atoms with Gasteiger partial charge in [0.25, 0.3) is 0 Å². The number of rotatable bonds is 2. The fourth-order valence-corrected chi connectivity index (χ4v) is 2.19. The molecule has 100 valence electrons. The van der Waals surface area contributed by atoms with Gasteiger partial charge in [0.05, 0.1) is 12.7 Å². The Hall–Kier alpha value is -2.55. The molecule has 0 radical (unpaired) electrons. The van der Waals surface area contributed by atoms with Crippen molar-refractivity contribution in [1.29, 1.82) is 0 Å². The summed E-state index contributed by atoms with van der Waals surface area (Å²) < 4.78 is 10.8. The van der Waals surface area contributed by atoms with Crippen LogP contribution in [0.3, 0.4) is 0 Å². The third-order valence-corrected chi connectivity index (χ3v) is 3.25. The number of hydrogen-bond donors (Lipinski definition) is 0. The predicted molar refractivity (Wildman–Crippen MR) is 77.2 cm³/mol. The molecule has 0 aromatic heterocycles. The molecule has 0 saturated carbocycles. The van der Waals surface area contributed by atoms with Crippen molar-refractivity contribution in [2.24, 2.45) is 0 Å². The number of benzene rings is 2. The summed E-state index contributed by atoms with van der Waals surface area (Å²) in [4.78, 5) is 12.4. The van der Waals surface area contributed by atoms with E-state index in [0.29, 0.717) is 22.6 Å². The van der Waals surface area contributed by atoms with Crippen LogP contribution in [0.1, 0.15) is 15.9 Å². The Morgan fingerprint density at radius 2 is 1.95 bits per heavy atom. The highest BCUT2D eigenvalue weighted by Gasteiger charge is 2.23. The van der Waals surface area contributed by atoms with Crippen LogP contribution in [0.5, 0.6) is 11.5 Å². The van der Waals surface area contributed by atoms with Gasteiger partial charge in [0, 0.05) is 11.6 Å². The number of ketones is 1. The molecule has 1 heterocycles. The molecule has 0 amide bonds. The molecule has 3 rings (SSSR count). The lowest BCUT2D eigenvalue weighted by Gasteiger charge is -2.19. The van der Waals surface area contributed by atoms with Crippen LogP contribution < -0.4 is 9.47 Å². The maximum absolute atomic E-state index is 12.4. The summed E-state index contributed by atoms with van der Waals surface area (Å²) in [5.74, 6) is 1.28. The molecule has 1 aliphatic rings. The third-order valence-electron chi connectivity index (χ3n) is 3.25. The molecule has 3 nitrogen and oxygen atoms in total. The van der Waals surface area contributed by atoms with Gasteiger partial charge in [-0.15, -0.1) is 0 Å². The lowest BCUT2D eigenvalue weighted by Crippen LogP contribution is -2.19. The van der Waals surface area contributed by atoms with E-state index in [0.717, 1.165) is 5.56 Å². The zero-order valence-electron chi connectivity index (χ0n) is 11.1. The first-order chi connectivity index (χ1) is 9.78. The smallest absolute Gasteiger partial charge is 0.196 e. The summed E-state index contributed by atoms with van der Waals surface area (Å²) in [5, 5.41) is 0. The van der Waals surface area contributed by atoms with Crippen molar-refractivity contribution in [1.82, 2.24) is 0 Å². The molecule has 0 atom stereocenters. The number of ether oxygens (including phenoxy) is 2. The van der Waals surface area contributed by atoms with Gasteiger partial charge in [-0.2, -0.15) is 0 Å². The number of carbonyl (C=O) groups excluding carboxylic acids is 1. The molecule has 2 aromatic rings. The normalized spacial score (nSPS) is 15.7. The van der Waals surface area contributed by atoms with Crippen LogP contribution in [0.25, 0.3) is 6.08 Å². The summed E-state index contributed by atoms with van der Waals surface area (Å²) in [5.41, 5.74) is 2.24. The van der Waals surface area contributed by atoms with Crippen LogP contribution in [-0.2, 0) is 0 Å². The summed E-state index contributed by atoms with van der Waals surface area (Å²) >= 11 is 0. The lowest BCUT2D eigenvalue weighted by atomic mass is 9.98. The molecule has 20 heavy (non-hydrogen) atoms. The van der Waals surface area contributed by atoms with Crippen molar-refractivity contribution in [3.63, 3.8) is 0 Å². The Morgan fingerprint density at radius 1 is 1.15 bits per heavy atom. The van der Waals surface area contributed by atoms with Crippen LogP contribution in [0, 0.1) is 0 Å². The number of hydrogen-bond acceptors (Lipinski definition) is 3. The van der Waals surface area contributed by atoms with E-state index in [2.05, 4.69) is 0 Å². The van der Waals surface area contributed by atoms with Crippen LogP contribution in [-0.4, -0.2) is 19.5 Å². The summed E-state index contributed by atoms with van der Waals surface area (Å²) in [6.45, 7) is 0.286. The second-order valence-electron chi connectivity index (χ2n) is 4.56. The highest BCUT2D eigenvalue weighted by atomic mass is 16.5. The SMILES string of the molecule is COc1ccc2c(c1)OC/C(=C/c1ccccc1)C2=O. The Morgan fingerprint density at radius 3 is 2.70 bits per heavy atom. The van der Waals surface area contributed by atoms with Gasteiger partial charge in [-0.25, -0.2) is 0 Å². The average molecular weight is 266 g/mol. The average Bonchev–Trinajstić information content (AvgIpc) is 2.51. The highest BCUT2D eigenvalue weighted by molar-refractivity contribution is 6.14. The second kappa shape index (κ2) is 5.21. The fraction of sp³-hybridized carbons (Fsp3) is 0.118. The lowest BCUT2D eigenvalue weighted by molar-refractivity contribution is 0.100. The van der Waals surface area contributed by atoms with E-state index < -0.39 is 0 Å². The van der Waals surface area contributed by atoms with Crippen LogP contribution in [0.2, 0.25) is 0 Å². The van der Waals surface area contributed by atoms with E-state index in [-0.39, 0.29) is 12.4 Å². The molecule has 1 aliphatic heterocycles. The maximum Gasteiger partial charge on any atom is 0.196 e. The van der Waals surface area contributed by atoms with Gasteiger partial charge in [-0.1, -0.05) is 30.3 Å². The highest BCUT2D eigenvalue weighted by Crippen LogP contribution is 2.31. The Labute approximate surface area is 117 Å². The quantitative estimate of drug-likeness (QED) is 0.782. The Balaban J connectivity index is 1.95. The molecule has 0 bridgehead atoms. The molecular weight excluding hydrogens is 252 g/mol. The summed E-state index contributed by atoms with van der Waals surface area (Å²) in [6.07, 6.45) is 1.87. The van der Waals surface area contributed by atoms with Crippen molar-refractivity contribution in [2.45, 2.75) is 0 Å². The summed E-state index contributed by atoms with van der Waals surface area (Å²) in [7, 11) is 1.59. The minimum Gasteiger partial charge on any atom is -0.497 e. The largest absolute Gasteiger partial charge is 0.497 e. The number of Topliss-reactive ketones (excluding diaryl/α,β-unsaturated/α-hetero) is 1. The molecule has 0 unspecified atom stereocenters. The monoisotopic (exact) mass is 266 g/mol. The van der Waals surface area contributed by atoms with E-state index >= 15 is 0 Å². The number of fused-ring (bicyclic) bond motifs is 1. The van der Waals surface area contributed by atoms with Crippen molar-refractivity contribution in [3.05, 3.63) is 65.2 Å². The van der Waals surface area contributed by atoms with Gasteiger partial charge in [-0.3, -0.25) is 4.79 Å². The molecule has 0 spiro atoms. The van der Waals surface area contributed by atoms with E-state index in [1.165, 1.54) is 0 Å². The first-order valence-corrected chi connectivity index (χ1v) is 6.39. The topological polar surface area (TPSA) is 35.5 Å². The van der Waals surface area contributed by atoms with E-state index in [1.54, 1.807) is 25.3 Å². The zero-order valence-corrected chi connectivity index (χ0v) is 11.1. The van der Waals surface area contributed by atoms with Gasteiger partial charge in [-0.05, 0) is 23.8 Å². The number of methoxy groups -OCH3 is 1. The maximum atomic E-state index is 12.4. The zero-order chi connectivity index (χ0) is 13.9. The first-order valence-electron chi connectivity index (χ1n) is 6.39. The Kier molecular flexibility index (Phi) is 3.25. The van der Waals surface area contributed by atoms with E-state index in [4.69, 9.17) is 9.47 Å². The van der Waals surface area contributed by atoms with Crippen LogP contribution in [0.15, 0.2) is 54.1 Å². The fourth-order valence-electron chi connectivity index (χ4n) is 2.19. The van der Waals surface area contributed by atoms with Crippen molar-refractivity contribution in [2.75, 3.05) is 13.7 Å². The Bertz CT molecular complexity index is 672. The molecular formula is C17H14O3. The predicted octanol–water partition coefficient (Wildman–Crippen LogP) is 3.35. The minimum absolute atomic E-state index is 0.0118. The molecule has 0 fully saturated rings. The van der Waals surface area contributed by atoms with Crippen molar-refractivity contribution < 1.29 is 14.3 Å². The molecule has 2 aromatic carbocycles. The summed E-state index contributed by atoms with van der Waals surface area (Å²) in [6, 6.07) is 15.0. The molecule has 3 heteroatoms. The van der Waals surface area contributed by atoms with Crippen molar-refractivity contribution in [3.8, 4) is 11.5 Å². The van der Waals surface area contributed by atoms with Crippen molar-refractivity contribution >= 4 is 11.9 Å². The molecule has 0 N–H and O–H groups in total. The van der Waals surface area contributed by atoms with Crippen LogP contribution in [0.4, 0.5) is 0 Å². The van der Waals surface area contributed by atoms with Gasteiger partial charge in [0.1, 0.15) is 18.1 Å². The van der Waals surface area contributed by atoms with E-state index in [9.17, 15) is 4.79 Å².